The number of anilines is 1. The van der Waals surface area contributed by atoms with Crippen LogP contribution in [-0.2, 0) is 11.3 Å². The van der Waals surface area contributed by atoms with Crippen LogP contribution in [0.2, 0.25) is 5.02 Å². The predicted octanol–water partition coefficient (Wildman–Crippen LogP) is 1.77. The van der Waals surface area contributed by atoms with Crippen molar-refractivity contribution in [3.8, 4) is 11.3 Å². The van der Waals surface area contributed by atoms with Crippen LogP contribution in [0.25, 0.3) is 11.3 Å². The van der Waals surface area contributed by atoms with Gasteiger partial charge in [0.15, 0.2) is 0 Å². The second-order valence-corrected chi connectivity index (χ2v) is 7.16. The summed E-state index contributed by atoms with van der Waals surface area (Å²) in [6.45, 7) is 1.65. The molecule has 3 N–H and O–H groups in total. The van der Waals surface area contributed by atoms with Gasteiger partial charge in [-0.3, -0.25) is 4.68 Å². The normalized spacial score (nSPS) is 26.2. The van der Waals surface area contributed by atoms with Crippen molar-refractivity contribution in [3.63, 3.8) is 0 Å². The second-order valence-electron chi connectivity index (χ2n) is 6.75. The van der Waals surface area contributed by atoms with Crippen molar-refractivity contribution in [1.82, 2.24) is 19.7 Å². The van der Waals surface area contributed by atoms with E-state index in [-0.39, 0.29) is 6.04 Å². The average Bonchev–Trinajstić information content (AvgIpc) is 2.97. The molecule has 1 fully saturated rings. The molecular formula is C17H22ClN5O3. The van der Waals surface area contributed by atoms with Gasteiger partial charge in [-0.1, -0.05) is 11.6 Å². The maximum Gasteiger partial charge on any atom is 0.223 e. The zero-order valence-electron chi connectivity index (χ0n) is 14.3. The first kappa shape index (κ1) is 17.7. The van der Waals surface area contributed by atoms with E-state index in [0.29, 0.717) is 42.7 Å². The van der Waals surface area contributed by atoms with Crippen molar-refractivity contribution >= 4 is 17.5 Å². The highest BCUT2D eigenvalue weighted by Crippen LogP contribution is 2.35. The summed E-state index contributed by atoms with van der Waals surface area (Å²) in [7, 11) is 0. The van der Waals surface area contributed by atoms with E-state index < -0.39 is 12.2 Å². The molecule has 2 aromatic rings. The molecule has 2 aliphatic rings. The molecule has 0 aliphatic carbocycles. The third kappa shape index (κ3) is 3.42. The maximum absolute atomic E-state index is 10.5. The molecule has 1 saturated heterocycles. The molecule has 1 unspecified atom stereocenters. The maximum atomic E-state index is 10.5. The third-order valence-corrected chi connectivity index (χ3v) is 5.21. The fourth-order valence-electron chi connectivity index (χ4n) is 3.53. The first-order valence-electron chi connectivity index (χ1n) is 8.92. The van der Waals surface area contributed by atoms with E-state index in [1.165, 1.54) is 6.20 Å². The van der Waals surface area contributed by atoms with E-state index in [0.717, 1.165) is 30.6 Å². The Morgan fingerprint density at radius 2 is 2.12 bits per heavy atom. The molecule has 4 heterocycles. The van der Waals surface area contributed by atoms with Crippen LogP contribution in [0.5, 0.6) is 0 Å². The fourth-order valence-corrected chi connectivity index (χ4v) is 3.72. The largest absolute Gasteiger partial charge is 0.389 e. The molecule has 0 bridgehead atoms. The van der Waals surface area contributed by atoms with Gasteiger partial charge in [-0.2, -0.15) is 5.10 Å². The summed E-state index contributed by atoms with van der Waals surface area (Å²) < 4.78 is 7.08. The Labute approximate surface area is 156 Å². The number of ether oxygens (including phenoxy) is 1. The number of nitrogens with one attached hydrogen (secondary N) is 1. The van der Waals surface area contributed by atoms with Crippen molar-refractivity contribution in [2.24, 2.45) is 0 Å². The van der Waals surface area contributed by atoms with Crippen LogP contribution in [0.15, 0.2) is 12.4 Å². The van der Waals surface area contributed by atoms with Gasteiger partial charge >= 0.3 is 0 Å². The average molecular weight is 380 g/mol. The summed E-state index contributed by atoms with van der Waals surface area (Å²) in [6.07, 6.45) is 5.34. The molecule has 0 aromatic carbocycles. The lowest BCUT2D eigenvalue weighted by atomic mass is 10.1. The molecular weight excluding hydrogens is 358 g/mol. The minimum absolute atomic E-state index is 0.173. The zero-order valence-corrected chi connectivity index (χ0v) is 15.1. The highest BCUT2D eigenvalue weighted by Gasteiger charge is 2.27. The molecule has 2 aliphatic heterocycles. The lowest BCUT2D eigenvalue weighted by Crippen LogP contribution is -2.42. The summed E-state index contributed by atoms with van der Waals surface area (Å²) in [4.78, 5) is 8.78. The van der Waals surface area contributed by atoms with Gasteiger partial charge in [0.2, 0.25) is 5.95 Å². The topological polar surface area (TPSA) is 105 Å². The highest BCUT2D eigenvalue weighted by atomic mass is 35.5. The number of fused-ring (bicyclic) bond motifs is 1. The van der Waals surface area contributed by atoms with Gasteiger partial charge in [0.05, 0.1) is 53.7 Å². The summed E-state index contributed by atoms with van der Waals surface area (Å²) in [5.74, 6) is 0.387. The van der Waals surface area contributed by atoms with E-state index in [1.807, 2.05) is 4.68 Å². The quantitative estimate of drug-likeness (QED) is 0.746. The highest BCUT2D eigenvalue weighted by molar-refractivity contribution is 6.32. The molecule has 2 aromatic heterocycles. The fraction of sp³-hybridized carbons (Fsp3) is 0.588. The monoisotopic (exact) mass is 379 g/mol. The Hall–Kier alpha value is -1.74. The Morgan fingerprint density at radius 1 is 1.23 bits per heavy atom. The molecule has 140 valence electrons. The molecule has 0 radical (unpaired) electrons. The number of nitrogens with zero attached hydrogens (tertiary/aromatic N) is 4. The van der Waals surface area contributed by atoms with Crippen molar-refractivity contribution in [2.75, 3.05) is 18.5 Å². The van der Waals surface area contributed by atoms with Gasteiger partial charge in [-0.25, -0.2) is 9.97 Å². The summed E-state index contributed by atoms with van der Waals surface area (Å²) in [6, 6.07) is -0.173. The summed E-state index contributed by atoms with van der Waals surface area (Å²) in [5, 5.41) is 28.5. The van der Waals surface area contributed by atoms with E-state index in [2.05, 4.69) is 20.4 Å². The van der Waals surface area contributed by atoms with Crippen LogP contribution in [0.3, 0.4) is 0 Å². The van der Waals surface area contributed by atoms with Crippen molar-refractivity contribution in [1.29, 1.82) is 0 Å². The summed E-state index contributed by atoms with van der Waals surface area (Å²) >= 11 is 6.35. The van der Waals surface area contributed by atoms with Crippen molar-refractivity contribution in [2.45, 2.75) is 50.5 Å². The van der Waals surface area contributed by atoms with Crippen LogP contribution in [0.4, 0.5) is 5.95 Å². The van der Waals surface area contributed by atoms with E-state index in [9.17, 15) is 10.2 Å². The Kier molecular flexibility index (Phi) is 5.08. The van der Waals surface area contributed by atoms with Gasteiger partial charge < -0.3 is 20.3 Å². The Bertz CT molecular complexity index is 784. The smallest absolute Gasteiger partial charge is 0.223 e. The number of hydrogen-bond acceptors (Lipinski definition) is 7. The zero-order chi connectivity index (χ0) is 18.1. The van der Waals surface area contributed by atoms with Gasteiger partial charge in [0.1, 0.15) is 0 Å². The van der Waals surface area contributed by atoms with Crippen molar-refractivity contribution in [3.05, 3.63) is 23.1 Å². The Morgan fingerprint density at radius 3 is 2.96 bits per heavy atom. The third-order valence-electron chi connectivity index (χ3n) is 4.93. The van der Waals surface area contributed by atoms with Gasteiger partial charge in [0.25, 0.3) is 0 Å². The lowest BCUT2D eigenvalue weighted by Gasteiger charge is -2.28. The molecule has 0 amide bonds. The minimum atomic E-state index is -0.610. The number of aryl methyl sites for hydroxylation is 1. The molecule has 9 heteroatoms. The molecule has 8 nitrogen and oxygen atoms in total. The lowest BCUT2D eigenvalue weighted by molar-refractivity contribution is -0.0136. The molecule has 3 atom stereocenters. The van der Waals surface area contributed by atoms with Crippen LogP contribution < -0.4 is 5.32 Å². The molecule has 0 spiro atoms. The van der Waals surface area contributed by atoms with Crippen LogP contribution in [0.1, 0.15) is 37.5 Å². The first-order valence-corrected chi connectivity index (χ1v) is 9.30. The van der Waals surface area contributed by atoms with Gasteiger partial charge in [-0.15, -0.1) is 0 Å². The SMILES string of the molecule is OC1CCCCn2ncc(-c3nc(N[C@@H]4CCOC[C@H]4O)ncc3Cl)c21. The standard InChI is InChI=1S/C17H22ClN5O3/c18-11-8-19-17(21-12-4-6-26-9-14(12)25)22-15(11)10-7-20-23-5-2-1-3-13(24)16(10)23/h7-8,12-14,24-25H,1-6,9H2,(H,19,21,22)/t12-,13?,14-/m1/s1. The van der Waals surface area contributed by atoms with Gasteiger partial charge in [0, 0.05) is 18.7 Å². The first-order chi connectivity index (χ1) is 12.6. The van der Waals surface area contributed by atoms with E-state index >= 15 is 0 Å². The number of halogens is 1. The number of aliphatic hydroxyl groups excluding tert-OH is 2. The predicted molar refractivity (Wildman–Crippen MR) is 95.9 cm³/mol. The second kappa shape index (κ2) is 7.48. The van der Waals surface area contributed by atoms with Crippen molar-refractivity contribution < 1.29 is 14.9 Å². The number of aromatic nitrogens is 4. The van der Waals surface area contributed by atoms with Crippen LogP contribution in [-0.4, -0.2) is 55.3 Å². The summed E-state index contributed by atoms with van der Waals surface area (Å²) in [5.41, 5.74) is 2.01. The van der Waals surface area contributed by atoms with Crippen LogP contribution >= 0.6 is 11.6 Å². The number of rotatable bonds is 3. The molecule has 0 saturated carbocycles. The minimum Gasteiger partial charge on any atom is -0.389 e. The van der Waals surface area contributed by atoms with Gasteiger partial charge in [-0.05, 0) is 25.7 Å². The Balaban J connectivity index is 1.66. The number of aliphatic hydroxyl groups is 2. The van der Waals surface area contributed by atoms with E-state index in [4.69, 9.17) is 16.3 Å². The molecule has 26 heavy (non-hydrogen) atoms. The van der Waals surface area contributed by atoms with Crippen LogP contribution in [0, 0.1) is 0 Å². The number of hydrogen-bond donors (Lipinski definition) is 3. The molecule has 4 rings (SSSR count). The van der Waals surface area contributed by atoms with E-state index in [1.54, 1.807) is 6.20 Å².